The number of nitrogens with one attached hydrogen (secondary N) is 1. The van der Waals surface area contributed by atoms with Gasteiger partial charge in [-0.1, -0.05) is 23.7 Å². The predicted octanol–water partition coefficient (Wildman–Crippen LogP) is 3.45. The molecule has 1 unspecified atom stereocenters. The van der Waals surface area contributed by atoms with Gasteiger partial charge in [-0.05, 0) is 43.7 Å². The standard InChI is InChI=1S/C15H15ClN2O2/c1-10-6-7-14(17-9-10)18-15(19)11(2)20-13-5-3-4-12(16)8-13/h3-9,11H,1-2H3,(H,17,18,19). The number of rotatable bonds is 4. The van der Waals surface area contributed by atoms with Crippen LogP contribution in [0.3, 0.4) is 0 Å². The van der Waals surface area contributed by atoms with Crippen molar-refractivity contribution in [3.63, 3.8) is 0 Å². The van der Waals surface area contributed by atoms with Gasteiger partial charge in [0.25, 0.3) is 5.91 Å². The second-order valence-corrected chi connectivity index (χ2v) is 4.86. The Bertz CT molecular complexity index is 599. The van der Waals surface area contributed by atoms with Crippen LogP contribution in [-0.4, -0.2) is 17.0 Å². The summed E-state index contributed by atoms with van der Waals surface area (Å²) in [6, 6.07) is 10.6. The van der Waals surface area contributed by atoms with Crippen molar-refractivity contribution in [1.29, 1.82) is 0 Å². The van der Waals surface area contributed by atoms with Gasteiger partial charge in [0.15, 0.2) is 6.10 Å². The van der Waals surface area contributed by atoms with E-state index in [2.05, 4.69) is 10.3 Å². The highest BCUT2D eigenvalue weighted by atomic mass is 35.5. The molecule has 104 valence electrons. The molecule has 1 aromatic carbocycles. The van der Waals surface area contributed by atoms with Crippen molar-refractivity contribution in [2.24, 2.45) is 0 Å². The fourth-order valence-corrected chi connectivity index (χ4v) is 1.75. The zero-order chi connectivity index (χ0) is 14.5. The highest BCUT2D eigenvalue weighted by Gasteiger charge is 2.15. The SMILES string of the molecule is Cc1ccc(NC(=O)C(C)Oc2cccc(Cl)c2)nc1. The average Bonchev–Trinajstić information content (AvgIpc) is 2.41. The molecule has 1 heterocycles. The molecule has 1 atom stereocenters. The largest absolute Gasteiger partial charge is 0.481 e. The molecule has 0 fully saturated rings. The minimum absolute atomic E-state index is 0.263. The summed E-state index contributed by atoms with van der Waals surface area (Å²) in [6.45, 7) is 3.61. The van der Waals surface area contributed by atoms with E-state index in [-0.39, 0.29) is 5.91 Å². The topological polar surface area (TPSA) is 51.2 Å². The molecule has 1 aromatic heterocycles. The van der Waals surface area contributed by atoms with Crippen molar-refractivity contribution < 1.29 is 9.53 Å². The predicted molar refractivity (Wildman–Crippen MR) is 79.1 cm³/mol. The molecular weight excluding hydrogens is 276 g/mol. The van der Waals surface area contributed by atoms with Crippen LogP contribution in [0.25, 0.3) is 0 Å². The first-order chi connectivity index (χ1) is 9.54. The summed E-state index contributed by atoms with van der Waals surface area (Å²) >= 11 is 5.86. The summed E-state index contributed by atoms with van der Waals surface area (Å²) in [7, 11) is 0. The lowest BCUT2D eigenvalue weighted by atomic mass is 10.3. The third kappa shape index (κ3) is 3.96. The second kappa shape index (κ2) is 6.39. The zero-order valence-corrected chi connectivity index (χ0v) is 12.0. The van der Waals surface area contributed by atoms with E-state index in [1.54, 1.807) is 43.5 Å². The summed E-state index contributed by atoms with van der Waals surface area (Å²) in [5.41, 5.74) is 1.03. The van der Waals surface area contributed by atoms with Gasteiger partial charge >= 0.3 is 0 Å². The number of carbonyl (C=O) groups excluding carboxylic acids is 1. The third-order valence-electron chi connectivity index (χ3n) is 2.64. The van der Waals surface area contributed by atoms with Crippen LogP contribution >= 0.6 is 11.6 Å². The van der Waals surface area contributed by atoms with Crippen LogP contribution < -0.4 is 10.1 Å². The maximum absolute atomic E-state index is 12.0. The van der Waals surface area contributed by atoms with Gasteiger partial charge in [0.1, 0.15) is 11.6 Å². The molecule has 2 aromatic rings. The minimum Gasteiger partial charge on any atom is -0.481 e. The number of amides is 1. The van der Waals surface area contributed by atoms with Crippen molar-refractivity contribution in [1.82, 2.24) is 4.98 Å². The summed E-state index contributed by atoms with van der Waals surface area (Å²) in [6.07, 6.45) is 1.05. The Morgan fingerprint density at radius 2 is 2.15 bits per heavy atom. The number of ether oxygens (including phenoxy) is 1. The molecule has 20 heavy (non-hydrogen) atoms. The van der Waals surface area contributed by atoms with E-state index in [0.717, 1.165) is 5.56 Å². The van der Waals surface area contributed by atoms with Crippen molar-refractivity contribution >= 4 is 23.3 Å². The van der Waals surface area contributed by atoms with Gasteiger partial charge in [0, 0.05) is 11.2 Å². The van der Waals surface area contributed by atoms with Crippen LogP contribution in [0, 0.1) is 6.92 Å². The van der Waals surface area contributed by atoms with E-state index in [9.17, 15) is 4.79 Å². The van der Waals surface area contributed by atoms with Crippen LogP contribution in [0.15, 0.2) is 42.6 Å². The van der Waals surface area contributed by atoms with Gasteiger partial charge in [0.05, 0.1) is 0 Å². The second-order valence-electron chi connectivity index (χ2n) is 4.43. The highest BCUT2D eigenvalue weighted by molar-refractivity contribution is 6.30. The van der Waals surface area contributed by atoms with E-state index < -0.39 is 6.10 Å². The molecule has 0 bridgehead atoms. The number of aryl methyl sites for hydroxylation is 1. The molecule has 0 saturated heterocycles. The minimum atomic E-state index is -0.642. The Hall–Kier alpha value is -2.07. The quantitative estimate of drug-likeness (QED) is 0.938. The number of nitrogens with zero attached hydrogens (tertiary/aromatic N) is 1. The maximum Gasteiger partial charge on any atom is 0.266 e. The first-order valence-corrected chi connectivity index (χ1v) is 6.58. The molecular formula is C15H15ClN2O2. The summed E-state index contributed by atoms with van der Waals surface area (Å²) in [5, 5.41) is 3.26. The third-order valence-corrected chi connectivity index (χ3v) is 2.88. The smallest absolute Gasteiger partial charge is 0.266 e. The lowest BCUT2D eigenvalue weighted by molar-refractivity contribution is -0.122. The zero-order valence-electron chi connectivity index (χ0n) is 11.3. The Kier molecular flexibility index (Phi) is 4.58. The summed E-state index contributed by atoms with van der Waals surface area (Å²) in [4.78, 5) is 16.1. The molecule has 4 nitrogen and oxygen atoms in total. The molecule has 2 rings (SSSR count). The van der Waals surface area contributed by atoms with Crippen LogP contribution in [0.1, 0.15) is 12.5 Å². The number of aromatic nitrogens is 1. The Balaban J connectivity index is 1.96. The lowest BCUT2D eigenvalue weighted by Gasteiger charge is -2.14. The monoisotopic (exact) mass is 290 g/mol. The van der Waals surface area contributed by atoms with Crippen LogP contribution in [0.5, 0.6) is 5.75 Å². The van der Waals surface area contributed by atoms with Gasteiger partial charge in [-0.25, -0.2) is 4.98 Å². The Labute approximate surface area is 122 Å². The van der Waals surface area contributed by atoms with Gasteiger partial charge in [-0.3, -0.25) is 4.79 Å². The number of hydrogen-bond donors (Lipinski definition) is 1. The molecule has 0 aliphatic heterocycles. The molecule has 5 heteroatoms. The lowest BCUT2D eigenvalue weighted by Crippen LogP contribution is -2.30. The molecule has 0 aliphatic carbocycles. The number of halogens is 1. The number of benzene rings is 1. The summed E-state index contributed by atoms with van der Waals surface area (Å²) in [5.74, 6) is 0.792. The number of carbonyl (C=O) groups is 1. The van der Waals surface area contributed by atoms with E-state index in [1.165, 1.54) is 0 Å². The maximum atomic E-state index is 12.0. The van der Waals surface area contributed by atoms with E-state index in [4.69, 9.17) is 16.3 Å². The Morgan fingerprint density at radius 3 is 2.80 bits per heavy atom. The number of anilines is 1. The van der Waals surface area contributed by atoms with Crippen LogP contribution in [-0.2, 0) is 4.79 Å². The molecule has 1 amide bonds. The highest BCUT2D eigenvalue weighted by Crippen LogP contribution is 2.18. The van der Waals surface area contributed by atoms with Crippen molar-refractivity contribution in [3.05, 3.63) is 53.2 Å². The Morgan fingerprint density at radius 1 is 1.35 bits per heavy atom. The van der Waals surface area contributed by atoms with Crippen molar-refractivity contribution in [2.75, 3.05) is 5.32 Å². The van der Waals surface area contributed by atoms with Crippen molar-refractivity contribution in [2.45, 2.75) is 20.0 Å². The average molecular weight is 291 g/mol. The van der Waals surface area contributed by atoms with E-state index in [0.29, 0.717) is 16.6 Å². The summed E-state index contributed by atoms with van der Waals surface area (Å²) < 4.78 is 5.53. The van der Waals surface area contributed by atoms with E-state index >= 15 is 0 Å². The molecule has 0 spiro atoms. The van der Waals surface area contributed by atoms with E-state index in [1.807, 2.05) is 13.0 Å². The molecule has 1 N–H and O–H groups in total. The molecule has 0 saturated carbocycles. The fraction of sp³-hybridized carbons (Fsp3) is 0.200. The molecule has 0 radical (unpaired) electrons. The van der Waals surface area contributed by atoms with Gasteiger partial charge in [-0.2, -0.15) is 0 Å². The van der Waals surface area contributed by atoms with Gasteiger partial charge < -0.3 is 10.1 Å². The van der Waals surface area contributed by atoms with Crippen LogP contribution in [0.2, 0.25) is 5.02 Å². The van der Waals surface area contributed by atoms with Crippen LogP contribution in [0.4, 0.5) is 5.82 Å². The van der Waals surface area contributed by atoms with Gasteiger partial charge in [0.2, 0.25) is 0 Å². The first-order valence-electron chi connectivity index (χ1n) is 6.20. The van der Waals surface area contributed by atoms with Crippen molar-refractivity contribution in [3.8, 4) is 5.75 Å². The normalized spacial score (nSPS) is 11.8. The fourth-order valence-electron chi connectivity index (χ4n) is 1.57. The number of hydrogen-bond acceptors (Lipinski definition) is 3. The molecule has 0 aliphatic rings. The number of pyridine rings is 1. The first kappa shape index (κ1) is 14.3. The van der Waals surface area contributed by atoms with Gasteiger partial charge in [-0.15, -0.1) is 0 Å².